The molecule has 0 aliphatic carbocycles. The summed E-state index contributed by atoms with van der Waals surface area (Å²) < 4.78 is 27.2. The Bertz CT molecular complexity index is 438. The Kier molecular flexibility index (Phi) is 16.7. The van der Waals surface area contributed by atoms with Crippen molar-refractivity contribution in [2.75, 3.05) is 52.9 Å². The zero-order valence-electron chi connectivity index (χ0n) is 20.1. The highest BCUT2D eigenvalue weighted by molar-refractivity contribution is 4.88. The molecule has 1 rings (SSSR count). The largest absolute Gasteiger partial charge is 0.394 e. The van der Waals surface area contributed by atoms with Gasteiger partial charge in [-0.1, -0.05) is 46.5 Å². The maximum Gasteiger partial charge on any atom is 0.186 e. The molecule has 1 aliphatic heterocycles. The Labute approximate surface area is 193 Å². The molecule has 192 valence electrons. The van der Waals surface area contributed by atoms with Crippen LogP contribution in [0, 0.1) is 11.8 Å². The quantitative estimate of drug-likeness (QED) is 0.207. The molecule has 9 nitrogen and oxygen atoms in total. The molecular weight excluding hydrogens is 420 g/mol. The third kappa shape index (κ3) is 12.2. The number of aliphatic hydroxyl groups excluding tert-OH is 4. The summed E-state index contributed by atoms with van der Waals surface area (Å²) in [6.07, 6.45) is 0.0142. The first-order chi connectivity index (χ1) is 15.4. The van der Waals surface area contributed by atoms with E-state index in [0.29, 0.717) is 32.3 Å². The minimum absolute atomic E-state index is 0.126. The molecule has 0 saturated carbocycles. The van der Waals surface area contributed by atoms with Gasteiger partial charge in [0.25, 0.3) is 0 Å². The average molecular weight is 467 g/mol. The fourth-order valence-corrected chi connectivity index (χ4v) is 3.50. The lowest BCUT2D eigenvalue weighted by molar-refractivity contribution is -0.302. The molecule has 0 aromatic carbocycles. The van der Waals surface area contributed by atoms with Crippen LogP contribution in [0.5, 0.6) is 0 Å². The van der Waals surface area contributed by atoms with Gasteiger partial charge in [-0.15, -0.1) is 0 Å². The zero-order valence-corrected chi connectivity index (χ0v) is 20.1. The van der Waals surface area contributed by atoms with Crippen molar-refractivity contribution in [3.63, 3.8) is 0 Å². The SMILES string of the molecule is CCCCC(C)CCC(C)COCCOCCOCCOC1OC(CO)C(O)C(O)C1O. The molecule has 0 aromatic rings. The van der Waals surface area contributed by atoms with Gasteiger partial charge < -0.3 is 44.1 Å². The number of rotatable bonds is 19. The molecule has 0 bridgehead atoms. The van der Waals surface area contributed by atoms with Crippen molar-refractivity contribution in [1.82, 2.24) is 0 Å². The van der Waals surface area contributed by atoms with Crippen LogP contribution in [0.4, 0.5) is 0 Å². The van der Waals surface area contributed by atoms with Gasteiger partial charge in [0, 0.05) is 6.61 Å². The Morgan fingerprint density at radius 1 is 0.750 bits per heavy atom. The molecule has 4 N–H and O–H groups in total. The van der Waals surface area contributed by atoms with Gasteiger partial charge in [0.15, 0.2) is 6.29 Å². The second-order valence-electron chi connectivity index (χ2n) is 8.80. The highest BCUT2D eigenvalue weighted by Crippen LogP contribution is 2.21. The Morgan fingerprint density at radius 3 is 1.97 bits per heavy atom. The first kappa shape index (κ1) is 29.7. The van der Waals surface area contributed by atoms with Crippen LogP contribution in [0.1, 0.15) is 52.9 Å². The smallest absolute Gasteiger partial charge is 0.186 e. The topological polar surface area (TPSA) is 127 Å². The molecular formula is C23H46O9. The lowest BCUT2D eigenvalue weighted by Crippen LogP contribution is -2.59. The van der Waals surface area contributed by atoms with Gasteiger partial charge in [-0.25, -0.2) is 0 Å². The predicted molar refractivity (Wildman–Crippen MR) is 119 cm³/mol. The van der Waals surface area contributed by atoms with Crippen LogP contribution in [-0.2, 0) is 23.7 Å². The van der Waals surface area contributed by atoms with Gasteiger partial charge in [-0.3, -0.25) is 0 Å². The van der Waals surface area contributed by atoms with Gasteiger partial charge in [0.2, 0.25) is 0 Å². The second kappa shape index (κ2) is 18.0. The van der Waals surface area contributed by atoms with Crippen molar-refractivity contribution in [3.8, 4) is 0 Å². The van der Waals surface area contributed by atoms with Crippen molar-refractivity contribution >= 4 is 0 Å². The molecule has 1 saturated heterocycles. The van der Waals surface area contributed by atoms with Crippen molar-refractivity contribution in [2.45, 2.75) is 83.6 Å². The number of hydrogen-bond acceptors (Lipinski definition) is 9. The number of unbranched alkanes of at least 4 members (excludes halogenated alkanes) is 1. The minimum Gasteiger partial charge on any atom is -0.394 e. The summed E-state index contributed by atoms with van der Waals surface area (Å²) in [5, 5.41) is 38.4. The first-order valence-electron chi connectivity index (χ1n) is 12.1. The van der Waals surface area contributed by atoms with Crippen LogP contribution in [-0.4, -0.2) is 104 Å². The van der Waals surface area contributed by atoms with E-state index in [2.05, 4.69) is 20.8 Å². The molecule has 1 heterocycles. The van der Waals surface area contributed by atoms with Gasteiger partial charge in [0.1, 0.15) is 24.4 Å². The third-order valence-corrected chi connectivity index (χ3v) is 5.71. The molecule has 0 radical (unpaired) electrons. The van der Waals surface area contributed by atoms with Gasteiger partial charge in [0.05, 0.1) is 46.2 Å². The molecule has 32 heavy (non-hydrogen) atoms. The van der Waals surface area contributed by atoms with E-state index in [0.717, 1.165) is 12.5 Å². The fraction of sp³-hybridized carbons (Fsp3) is 1.00. The second-order valence-corrected chi connectivity index (χ2v) is 8.80. The van der Waals surface area contributed by atoms with E-state index in [1.165, 1.54) is 32.1 Å². The number of ether oxygens (including phenoxy) is 5. The standard InChI is InChI=1S/C23H46O9/c1-4-5-6-17(2)7-8-18(3)16-30-12-11-28-9-10-29-13-14-31-23-22(27)21(26)20(25)19(15-24)32-23/h17-27H,4-16H2,1-3H3. The van der Waals surface area contributed by atoms with Gasteiger partial charge in [-0.2, -0.15) is 0 Å². The molecule has 0 amide bonds. The van der Waals surface area contributed by atoms with E-state index in [4.69, 9.17) is 28.8 Å². The van der Waals surface area contributed by atoms with Crippen LogP contribution in [0.25, 0.3) is 0 Å². The van der Waals surface area contributed by atoms with E-state index in [1.807, 2.05) is 0 Å². The summed E-state index contributed by atoms with van der Waals surface area (Å²) in [6.45, 7) is 9.37. The fourth-order valence-electron chi connectivity index (χ4n) is 3.50. The predicted octanol–water partition coefficient (Wildman–Crippen LogP) is 1.10. The lowest BCUT2D eigenvalue weighted by Gasteiger charge is -2.39. The van der Waals surface area contributed by atoms with E-state index in [1.54, 1.807) is 0 Å². The highest BCUT2D eigenvalue weighted by Gasteiger charge is 2.43. The molecule has 7 unspecified atom stereocenters. The normalized spacial score (nSPS) is 28.0. The molecule has 7 atom stereocenters. The van der Waals surface area contributed by atoms with Crippen LogP contribution in [0.2, 0.25) is 0 Å². The average Bonchev–Trinajstić information content (AvgIpc) is 2.79. The van der Waals surface area contributed by atoms with Crippen LogP contribution in [0.15, 0.2) is 0 Å². The minimum atomic E-state index is -1.44. The lowest BCUT2D eigenvalue weighted by atomic mass is 9.94. The van der Waals surface area contributed by atoms with Gasteiger partial charge in [-0.05, 0) is 18.3 Å². The first-order valence-corrected chi connectivity index (χ1v) is 12.1. The van der Waals surface area contributed by atoms with E-state index in [9.17, 15) is 15.3 Å². The Morgan fingerprint density at radius 2 is 1.34 bits per heavy atom. The number of aliphatic hydroxyl groups is 4. The summed E-state index contributed by atoms with van der Waals surface area (Å²) in [6, 6.07) is 0. The molecule has 1 fully saturated rings. The summed E-state index contributed by atoms with van der Waals surface area (Å²) in [7, 11) is 0. The van der Waals surface area contributed by atoms with Crippen molar-refractivity contribution in [1.29, 1.82) is 0 Å². The summed E-state index contributed by atoms with van der Waals surface area (Å²) in [5.74, 6) is 1.36. The zero-order chi connectivity index (χ0) is 23.8. The van der Waals surface area contributed by atoms with Crippen LogP contribution in [0.3, 0.4) is 0 Å². The molecule has 0 spiro atoms. The maximum atomic E-state index is 9.87. The van der Waals surface area contributed by atoms with E-state index >= 15 is 0 Å². The summed E-state index contributed by atoms with van der Waals surface area (Å²) in [4.78, 5) is 0. The molecule has 1 aliphatic rings. The third-order valence-electron chi connectivity index (χ3n) is 5.71. The molecule has 0 aromatic heterocycles. The van der Waals surface area contributed by atoms with Crippen LogP contribution >= 0.6 is 0 Å². The summed E-state index contributed by atoms with van der Waals surface area (Å²) in [5.41, 5.74) is 0. The molecule has 9 heteroatoms. The van der Waals surface area contributed by atoms with Crippen molar-refractivity contribution in [3.05, 3.63) is 0 Å². The van der Waals surface area contributed by atoms with E-state index in [-0.39, 0.29) is 13.2 Å². The monoisotopic (exact) mass is 466 g/mol. The number of hydrogen-bond donors (Lipinski definition) is 4. The summed E-state index contributed by atoms with van der Waals surface area (Å²) >= 11 is 0. The van der Waals surface area contributed by atoms with Crippen LogP contribution < -0.4 is 0 Å². The van der Waals surface area contributed by atoms with Crippen molar-refractivity contribution < 1.29 is 44.1 Å². The highest BCUT2D eigenvalue weighted by atomic mass is 16.7. The van der Waals surface area contributed by atoms with Gasteiger partial charge >= 0.3 is 0 Å². The Hall–Kier alpha value is -0.360. The Balaban J connectivity index is 1.93. The van der Waals surface area contributed by atoms with Crippen molar-refractivity contribution in [2.24, 2.45) is 11.8 Å². The van der Waals surface area contributed by atoms with E-state index < -0.39 is 37.3 Å². The maximum absolute atomic E-state index is 9.87.